The quantitative estimate of drug-likeness (QED) is 0.741. The monoisotopic (exact) mass is 237 g/mol. The molecule has 0 spiro atoms. The molecule has 1 rings (SSSR count). The van der Waals surface area contributed by atoms with Crippen LogP contribution in [0.4, 0.5) is 5.82 Å². The molecule has 0 amide bonds. The smallest absolute Gasteiger partial charge is 0.156 e. The third-order valence-corrected chi connectivity index (χ3v) is 2.54. The van der Waals surface area contributed by atoms with Crippen molar-refractivity contribution in [3.8, 4) is 0 Å². The minimum Gasteiger partial charge on any atom is -0.373 e. The lowest BCUT2D eigenvalue weighted by atomic mass is 10.1. The van der Waals surface area contributed by atoms with Crippen LogP contribution in [0.1, 0.15) is 44.3 Å². The van der Waals surface area contributed by atoms with Gasteiger partial charge in [-0.3, -0.25) is 0 Å². The van der Waals surface area contributed by atoms with Crippen LogP contribution in [-0.4, -0.2) is 23.1 Å². The Labute approximate surface area is 104 Å². The molecule has 4 nitrogen and oxygen atoms in total. The number of anilines is 1. The van der Waals surface area contributed by atoms with Gasteiger partial charge >= 0.3 is 0 Å². The lowest BCUT2D eigenvalue weighted by Crippen LogP contribution is -2.10. The van der Waals surface area contributed by atoms with Crippen LogP contribution in [0.3, 0.4) is 0 Å². The SMILES string of the molecule is CCCOCc1nc(C)c(CC)c(NCC)n1. The molecule has 0 aliphatic carbocycles. The van der Waals surface area contributed by atoms with Gasteiger partial charge in [0, 0.05) is 24.4 Å². The normalized spacial score (nSPS) is 10.6. The standard InChI is InChI=1S/C13H23N3O/c1-5-8-17-9-12-15-10(4)11(6-2)13(16-12)14-7-3/h5-9H2,1-4H3,(H,14,15,16). The molecule has 0 fully saturated rings. The molecule has 1 aromatic rings. The first-order valence-corrected chi connectivity index (χ1v) is 6.40. The molecule has 0 bridgehead atoms. The van der Waals surface area contributed by atoms with E-state index in [9.17, 15) is 0 Å². The summed E-state index contributed by atoms with van der Waals surface area (Å²) in [5, 5.41) is 3.29. The van der Waals surface area contributed by atoms with E-state index in [0.717, 1.165) is 43.3 Å². The fourth-order valence-electron chi connectivity index (χ4n) is 1.76. The Hall–Kier alpha value is -1.16. The number of nitrogens with one attached hydrogen (secondary N) is 1. The molecule has 0 saturated carbocycles. The van der Waals surface area contributed by atoms with Crippen molar-refractivity contribution in [3.63, 3.8) is 0 Å². The molecule has 96 valence electrons. The first-order chi connectivity index (χ1) is 8.22. The van der Waals surface area contributed by atoms with Crippen LogP contribution in [-0.2, 0) is 17.8 Å². The summed E-state index contributed by atoms with van der Waals surface area (Å²) in [5.74, 6) is 1.72. The van der Waals surface area contributed by atoms with Crippen molar-refractivity contribution in [2.24, 2.45) is 0 Å². The molecule has 0 atom stereocenters. The van der Waals surface area contributed by atoms with E-state index in [-0.39, 0.29) is 0 Å². The highest BCUT2D eigenvalue weighted by Crippen LogP contribution is 2.17. The number of aromatic nitrogens is 2. The van der Waals surface area contributed by atoms with Gasteiger partial charge in [0.2, 0.25) is 0 Å². The Balaban J connectivity index is 2.85. The van der Waals surface area contributed by atoms with Crippen molar-refractivity contribution in [1.82, 2.24) is 9.97 Å². The van der Waals surface area contributed by atoms with Crippen LogP contribution in [0.5, 0.6) is 0 Å². The van der Waals surface area contributed by atoms with E-state index < -0.39 is 0 Å². The van der Waals surface area contributed by atoms with Crippen molar-refractivity contribution < 1.29 is 4.74 Å². The first-order valence-electron chi connectivity index (χ1n) is 6.40. The Morgan fingerprint density at radius 1 is 1.18 bits per heavy atom. The van der Waals surface area contributed by atoms with Gasteiger partial charge < -0.3 is 10.1 Å². The minimum absolute atomic E-state index is 0.497. The molecule has 0 aliphatic rings. The zero-order valence-corrected chi connectivity index (χ0v) is 11.3. The fourth-order valence-corrected chi connectivity index (χ4v) is 1.76. The van der Waals surface area contributed by atoms with Crippen molar-refractivity contribution in [2.45, 2.75) is 47.1 Å². The van der Waals surface area contributed by atoms with E-state index in [0.29, 0.717) is 6.61 Å². The largest absolute Gasteiger partial charge is 0.373 e. The molecule has 17 heavy (non-hydrogen) atoms. The number of hydrogen-bond donors (Lipinski definition) is 1. The predicted octanol–water partition coefficient (Wildman–Crippen LogP) is 2.71. The summed E-state index contributed by atoms with van der Waals surface area (Å²) >= 11 is 0. The van der Waals surface area contributed by atoms with Gasteiger partial charge in [-0.2, -0.15) is 0 Å². The molecular weight excluding hydrogens is 214 g/mol. The van der Waals surface area contributed by atoms with Crippen LogP contribution < -0.4 is 5.32 Å². The average molecular weight is 237 g/mol. The van der Waals surface area contributed by atoms with Gasteiger partial charge in [-0.15, -0.1) is 0 Å². The van der Waals surface area contributed by atoms with Crippen LogP contribution in [0.25, 0.3) is 0 Å². The van der Waals surface area contributed by atoms with Gasteiger partial charge in [-0.05, 0) is 26.7 Å². The third kappa shape index (κ3) is 3.97. The first kappa shape index (κ1) is 13.9. The average Bonchev–Trinajstić information content (AvgIpc) is 2.30. The van der Waals surface area contributed by atoms with Crippen LogP contribution in [0, 0.1) is 6.92 Å². The molecular formula is C13H23N3O. The summed E-state index contributed by atoms with van der Waals surface area (Å²) in [7, 11) is 0. The van der Waals surface area contributed by atoms with Gasteiger partial charge in [0.25, 0.3) is 0 Å². The number of aryl methyl sites for hydroxylation is 1. The van der Waals surface area contributed by atoms with Crippen LogP contribution in [0.2, 0.25) is 0 Å². The predicted molar refractivity (Wildman–Crippen MR) is 70.3 cm³/mol. The van der Waals surface area contributed by atoms with Gasteiger partial charge in [0.1, 0.15) is 12.4 Å². The summed E-state index contributed by atoms with van der Waals surface area (Å²) in [5.41, 5.74) is 2.25. The lowest BCUT2D eigenvalue weighted by Gasteiger charge is -2.12. The Kier molecular flexibility index (Phi) is 5.91. The van der Waals surface area contributed by atoms with Crippen molar-refractivity contribution in [2.75, 3.05) is 18.5 Å². The Bertz CT molecular complexity index is 353. The molecule has 0 unspecified atom stereocenters. The van der Waals surface area contributed by atoms with E-state index in [1.54, 1.807) is 0 Å². The van der Waals surface area contributed by atoms with Crippen molar-refractivity contribution in [3.05, 3.63) is 17.1 Å². The highest BCUT2D eigenvalue weighted by atomic mass is 16.5. The molecule has 0 aliphatic heterocycles. The molecule has 0 aromatic carbocycles. The third-order valence-electron chi connectivity index (χ3n) is 2.54. The summed E-state index contributed by atoms with van der Waals surface area (Å²) in [6.45, 7) is 10.5. The van der Waals surface area contributed by atoms with Crippen molar-refractivity contribution in [1.29, 1.82) is 0 Å². The summed E-state index contributed by atoms with van der Waals surface area (Å²) in [6.07, 6.45) is 1.97. The van der Waals surface area contributed by atoms with Gasteiger partial charge in [-0.25, -0.2) is 9.97 Å². The highest BCUT2D eigenvalue weighted by molar-refractivity contribution is 5.46. The molecule has 1 aromatic heterocycles. The number of rotatable bonds is 7. The van der Waals surface area contributed by atoms with E-state index in [1.807, 2.05) is 6.92 Å². The second-order valence-electron chi connectivity index (χ2n) is 3.99. The topological polar surface area (TPSA) is 47.0 Å². The molecule has 0 saturated heterocycles. The van der Waals surface area contributed by atoms with E-state index in [4.69, 9.17) is 4.74 Å². The minimum atomic E-state index is 0.497. The van der Waals surface area contributed by atoms with Gasteiger partial charge in [0.15, 0.2) is 5.82 Å². The molecule has 0 radical (unpaired) electrons. The lowest BCUT2D eigenvalue weighted by molar-refractivity contribution is 0.116. The maximum atomic E-state index is 5.48. The fraction of sp³-hybridized carbons (Fsp3) is 0.692. The van der Waals surface area contributed by atoms with E-state index in [2.05, 4.69) is 36.1 Å². The molecule has 1 N–H and O–H groups in total. The maximum Gasteiger partial charge on any atom is 0.156 e. The van der Waals surface area contributed by atoms with Gasteiger partial charge in [0.05, 0.1) is 0 Å². The Morgan fingerprint density at radius 3 is 2.53 bits per heavy atom. The second kappa shape index (κ2) is 7.22. The zero-order valence-electron chi connectivity index (χ0n) is 11.3. The second-order valence-corrected chi connectivity index (χ2v) is 3.99. The summed E-state index contributed by atoms with van der Waals surface area (Å²) in [6, 6.07) is 0. The summed E-state index contributed by atoms with van der Waals surface area (Å²) < 4.78 is 5.48. The molecule has 1 heterocycles. The van der Waals surface area contributed by atoms with Crippen molar-refractivity contribution >= 4 is 5.82 Å². The number of ether oxygens (including phenoxy) is 1. The number of hydrogen-bond acceptors (Lipinski definition) is 4. The van der Waals surface area contributed by atoms with Gasteiger partial charge in [-0.1, -0.05) is 13.8 Å². The van der Waals surface area contributed by atoms with E-state index >= 15 is 0 Å². The van der Waals surface area contributed by atoms with Crippen LogP contribution >= 0.6 is 0 Å². The highest BCUT2D eigenvalue weighted by Gasteiger charge is 2.09. The number of nitrogens with zero attached hydrogens (tertiary/aromatic N) is 2. The zero-order chi connectivity index (χ0) is 12.7. The van der Waals surface area contributed by atoms with Crippen LogP contribution in [0.15, 0.2) is 0 Å². The molecule has 4 heteroatoms. The van der Waals surface area contributed by atoms with E-state index in [1.165, 1.54) is 5.56 Å². The summed E-state index contributed by atoms with van der Waals surface area (Å²) in [4.78, 5) is 9.00. The Morgan fingerprint density at radius 2 is 1.94 bits per heavy atom. The maximum absolute atomic E-state index is 5.48.